The molecule has 0 aromatic carbocycles. The minimum absolute atomic E-state index is 0.113. The number of ether oxygens (including phenoxy) is 1. The number of aromatic nitrogens is 2. The Morgan fingerprint density at radius 2 is 2.29 bits per heavy atom. The van der Waals surface area contributed by atoms with Crippen molar-refractivity contribution in [2.75, 3.05) is 18.5 Å². The van der Waals surface area contributed by atoms with Crippen molar-refractivity contribution in [3.05, 3.63) is 22.1 Å². The predicted molar refractivity (Wildman–Crippen MR) is 68.4 cm³/mol. The quantitative estimate of drug-likeness (QED) is 0.709. The second kappa shape index (κ2) is 7.06. The van der Waals surface area contributed by atoms with Gasteiger partial charge in [0.25, 0.3) is 5.56 Å². The highest BCUT2D eigenvalue weighted by molar-refractivity contribution is 5.24. The first-order valence-corrected chi connectivity index (χ1v) is 6.07. The second-order valence-electron chi connectivity index (χ2n) is 4.14. The molecule has 0 atom stereocenters. The Bertz CT molecular complexity index is 388. The van der Waals surface area contributed by atoms with Gasteiger partial charge in [0.05, 0.1) is 6.10 Å². The summed E-state index contributed by atoms with van der Waals surface area (Å²) < 4.78 is 5.42. The Labute approximate surface area is 102 Å². The van der Waals surface area contributed by atoms with Crippen LogP contribution >= 0.6 is 0 Å². The molecule has 0 aliphatic heterocycles. The molecule has 0 fully saturated rings. The third-order valence-corrected chi connectivity index (χ3v) is 2.22. The standard InChI is InChI=1S/C12H21N3O2/c1-4-10-8-11(16)15-12(14-10)13-6-5-7-17-9(2)3/h8-9H,4-7H2,1-3H3,(H2,13,14,15,16). The fourth-order valence-corrected chi connectivity index (χ4v) is 1.37. The Balaban J connectivity index is 2.36. The molecular weight excluding hydrogens is 218 g/mol. The van der Waals surface area contributed by atoms with E-state index in [0.717, 1.165) is 25.1 Å². The fourth-order valence-electron chi connectivity index (χ4n) is 1.37. The number of nitrogens with zero attached hydrogens (tertiary/aromatic N) is 1. The van der Waals surface area contributed by atoms with Crippen molar-refractivity contribution >= 4 is 5.95 Å². The van der Waals surface area contributed by atoms with Crippen LogP contribution in [0.3, 0.4) is 0 Å². The van der Waals surface area contributed by atoms with E-state index in [9.17, 15) is 4.79 Å². The fraction of sp³-hybridized carbons (Fsp3) is 0.667. The molecule has 0 saturated carbocycles. The van der Waals surface area contributed by atoms with Gasteiger partial charge in [0.15, 0.2) is 0 Å². The topological polar surface area (TPSA) is 67.0 Å². The summed E-state index contributed by atoms with van der Waals surface area (Å²) in [5.41, 5.74) is 0.687. The SMILES string of the molecule is CCc1cc(=O)[nH]c(NCCCOC(C)C)n1. The average molecular weight is 239 g/mol. The van der Waals surface area contributed by atoms with Gasteiger partial charge >= 0.3 is 0 Å². The molecule has 5 heteroatoms. The normalized spacial score (nSPS) is 10.8. The molecule has 0 spiro atoms. The van der Waals surface area contributed by atoms with Gasteiger partial charge in [0, 0.05) is 24.9 Å². The summed E-state index contributed by atoms with van der Waals surface area (Å²) >= 11 is 0. The van der Waals surface area contributed by atoms with Gasteiger partial charge in [0.2, 0.25) is 5.95 Å². The maximum atomic E-state index is 11.3. The Morgan fingerprint density at radius 3 is 2.94 bits per heavy atom. The van der Waals surface area contributed by atoms with Crippen molar-refractivity contribution in [2.45, 2.75) is 39.7 Å². The molecule has 5 nitrogen and oxygen atoms in total. The summed E-state index contributed by atoms with van der Waals surface area (Å²) in [6.07, 6.45) is 1.91. The third kappa shape index (κ3) is 5.49. The van der Waals surface area contributed by atoms with Crippen LogP contribution in [-0.4, -0.2) is 29.2 Å². The van der Waals surface area contributed by atoms with E-state index < -0.39 is 0 Å². The lowest BCUT2D eigenvalue weighted by molar-refractivity contribution is 0.0787. The molecule has 0 aliphatic rings. The van der Waals surface area contributed by atoms with Gasteiger partial charge in [-0.05, 0) is 26.7 Å². The first kappa shape index (κ1) is 13.7. The van der Waals surface area contributed by atoms with Crippen molar-refractivity contribution < 1.29 is 4.74 Å². The molecule has 17 heavy (non-hydrogen) atoms. The number of nitrogens with one attached hydrogen (secondary N) is 2. The van der Waals surface area contributed by atoms with E-state index >= 15 is 0 Å². The number of rotatable bonds is 7. The van der Waals surface area contributed by atoms with Gasteiger partial charge in [-0.2, -0.15) is 0 Å². The molecule has 1 aromatic heterocycles. The van der Waals surface area contributed by atoms with Crippen molar-refractivity contribution in [3.8, 4) is 0 Å². The number of aromatic amines is 1. The maximum absolute atomic E-state index is 11.3. The lowest BCUT2D eigenvalue weighted by Gasteiger charge is -2.08. The highest BCUT2D eigenvalue weighted by Crippen LogP contribution is 1.98. The van der Waals surface area contributed by atoms with E-state index in [0.29, 0.717) is 12.6 Å². The second-order valence-corrected chi connectivity index (χ2v) is 4.14. The molecule has 0 saturated heterocycles. The van der Waals surface area contributed by atoms with Crippen LogP contribution in [0.1, 0.15) is 32.9 Å². The highest BCUT2D eigenvalue weighted by Gasteiger charge is 1.99. The summed E-state index contributed by atoms with van der Waals surface area (Å²) in [4.78, 5) is 18.2. The number of H-pyrrole nitrogens is 1. The average Bonchev–Trinajstić information content (AvgIpc) is 2.27. The zero-order valence-electron chi connectivity index (χ0n) is 10.7. The van der Waals surface area contributed by atoms with Crippen molar-refractivity contribution in [2.24, 2.45) is 0 Å². The van der Waals surface area contributed by atoms with Crippen LogP contribution in [0.15, 0.2) is 10.9 Å². The van der Waals surface area contributed by atoms with Crippen LogP contribution in [0, 0.1) is 0 Å². The summed E-state index contributed by atoms with van der Waals surface area (Å²) in [6, 6.07) is 1.52. The van der Waals surface area contributed by atoms with Gasteiger partial charge in [-0.3, -0.25) is 9.78 Å². The molecule has 1 rings (SSSR count). The largest absolute Gasteiger partial charge is 0.379 e. The van der Waals surface area contributed by atoms with Crippen LogP contribution in [-0.2, 0) is 11.2 Å². The number of aryl methyl sites for hydroxylation is 1. The van der Waals surface area contributed by atoms with Crippen LogP contribution in [0.2, 0.25) is 0 Å². The van der Waals surface area contributed by atoms with E-state index in [1.54, 1.807) is 0 Å². The van der Waals surface area contributed by atoms with Gasteiger partial charge in [-0.25, -0.2) is 4.98 Å². The zero-order chi connectivity index (χ0) is 12.7. The Kier molecular flexibility index (Phi) is 5.69. The lowest BCUT2D eigenvalue weighted by Crippen LogP contribution is -2.15. The van der Waals surface area contributed by atoms with Crippen molar-refractivity contribution in [1.82, 2.24) is 9.97 Å². The summed E-state index contributed by atoms with van der Waals surface area (Å²) in [7, 11) is 0. The first-order chi connectivity index (χ1) is 8.11. The number of hydrogen-bond acceptors (Lipinski definition) is 4. The highest BCUT2D eigenvalue weighted by atomic mass is 16.5. The van der Waals surface area contributed by atoms with Crippen molar-refractivity contribution in [3.63, 3.8) is 0 Å². The van der Waals surface area contributed by atoms with Crippen LogP contribution in [0.4, 0.5) is 5.95 Å². The van der Waals surface area contributed by atoms with Gasteiger partial charge in [-0.15, -0.1) is 0 Å². The third-order valence-electron chi connectivity index (χ3n) is 2.22. The molecular formula is C12H21N3O2. The first-order valence-electron chi connectivity index (χ1n) is 6.07. The van der Waals surface area contributed by atoms with Crippen molar-refractivity contribution in [1.29, 1.82) is 0 Å². The molecule has 1 aromatic rings. The van der Waals surface area contributed by atoms with E-state index in [4.69, 9.17) is 4.74 Å². The van der Waals surface area contributed by atoms with E-state index in [-0.39, 0.29) is 11.7 Å². The summed E-state index contributed by atoms with van der Waals surface area (Å²) in [6.45, 7) is 7.45. The van der Waals surface area contributed by atoms with Gasteiger partial charge in [0.1, 0.15) is 0 Å². The van der Waals surface area contributed by atoms with Gasteiger partial charge < -0.3 is 10.1 Å². The molecule has 0 bridgehead atoms. The van der Waals surface area contributed by atoms with Gasteiger partial charge in [-0.1, -0.05) is 6.92 Å². The van der Waals surface area contributed by atoms with Crippen LogP contribution in [0.5, 0.6) is 0 Å². The Hall–Kier alpha value is -1.36. The smallest absolute Gasteiger partial charge is 0.252 e. The minimum Gasteiger partial charge on any atom is -0.379 e. The predicted octanol–water partition coefficient (Wildman–Crippen LogP) is 1.56. The zero-order valence-corrected chi connectivity index (χ0v) is 10.7. The molecule has 1 heterocycles. The molecule has 2 N–H and O–H groups in total. The minimum atomic E-state index is -0.113. The lowest BCUT2D eigenvalue weighted by atomic mass is 10.3. The van der Waals surface area contributed by atoms with E-state index in [1.807, 2.05) is 20.8 Å². The van der Waals surface area contributed by atoms with E-state index in [1.165, 1.54) is 6.07 Å². The van der Waals surface area contributed by atoms with Crippen LogP contribution in [0.25, 0.3) is 0 Å². The number of hydrogen-bond donors (Lipinski definition) is 2. The Morgan fingerprint density at radius 1 is 1.53 bits per heavy atom. The summed E-state index contributed by atoms with van der Waals surface area (Å²) in [5, 5.41) is 3.09. The van der Waals surface area contributed by atoms with Crippen LogP contribution < -0.4 is 10.9 Å². The maximum Gasteiger partial charge on any atom is 0.252 e. The molecule has 0 aliphatic carbocycles. The summed E-state index contributed by atoms with van der Waals surface area (Å²) in [5.74, 6) is 0.541. The monoisotopic (exact) mass is 239 g/mol. The molecule has 0 unspecified atom stereocenters. The number of anilines is 1. The molecule has 96 valence electrons. The molecule has 0 radical (unpaired) electrons. The van der Waals surface area contributed by atoms with E-state index in [2.05, 4.69) is 15.3 Å². The molecule has 0 amide bonds.